The van der Waals surface area contributed by atoms with Crippen LogP contribution in [0.5, 0.6) is 0 Å². The average molecular weight is 290 g/mol. The van der Waals surface area contributed by atoms with Gasteiger partial charge >= 0.3 is 5.97 Å². The number of hydrogen-bond acceptors (Lipinski definition) is 2. The van der Waals surface area contributed by atoms with Gasteiger partial charge in [0.15, 0.2) is 0 Å². The van der Waals surface area contributed by atoms with Crippen molar-refractivity contribution < 1.29 is 14.3 Å². The Morgan fingerprint density at radius 3 is 2.94 bits per heavy atom. The first kappa shape index (κ1) is 13.1. The first-order valence-corrected chi connectivity index (χ1v) is 5.75. The Kier molecular flexibility index (Phi) is 5.42. The van der Waals surface area contributed by atoms with Gasteiger partial charge in [0, 0.05) is 17.4 Å². The SMILES string of the molecule is O=C(O)CCCNCc1cc(F)ccc1Br. The fourth-order valence-corrected chi connectivity index (χ4v) is 1.65. The van der Waals surface area contributed by atoms with E-state index in [4.69, 9.17) is 5.11 Å². The smallest absolute Gasteiger partial charge is 0.303 e. The summed E-state index contributed by atoms with van der Waals surface area (Å²) in [5.74, 6) is -1.07. The summed E-state index contributed by atoms with van der Waals surface area (Å²) in [4.78, 5) is 10.2. The van der Waals surface area contributed by atoms with Crippen molar-refractivity contribution in [1.82, 2.24) is 5.32 Å². The Hall–Kier alpha value is -0.940. The molecule has 0 radical (unpaired) electrons. The summed E-state index contributed by atoms with van der Waals surface area (Å²) < 4.78 is 13.7. The highest BCUT2D eigenvalue weighted by molar-refractivity contribution is 9.10. The van der Waals surface area contributed by atoms with Crippen molar-refractivity contribution in [2.24, 2.45) is 0 Å². The second-order valence-electron chi connectivity index (χ2n) is 3.41. The van der Waals surface area contributed by atoms with Crippen LogP contribution in [-0.2, 0) is 11.3 Å². The van der Waals surface area contributed by atoms with E-state index in [2.05, 4.69) is 21.2 Å². The maximum Gasteiger partial charge on any atom is 0.303 e. The minimum Gasteiger partial charge on any atom is -0.481 e. The van der Waals surface area contributed by atoms with Gasteiger partial charge in [-0.25, -0.2) is 4.39 Å². The molecule has 1 rings (SSSR count). The minimum absolute atomic E-state index is 0.150. The predicted octanol–water partition coefficient (Wildman–Crippen LogP) is 2.54. The van der Waals surface area contributed by atoms with E-state index in [0.29, 0.717) is 19.5 Å². The Bertz CT molecular complexity index is 371. The van der Waals surface area contributed by atoms with Gasteiger partial charge in [0.25, 0.3) is 0 Å². The number of benzene rings is 1. The van der Waals surface area contributed by atoms with E-state index in [1.54, 1.807) is 6.07 Å². The number of aliphatic carboxylic acids is 1. The molecule has 2 N–H and O–H groups in total. The molecule has 0 fully saturated rings. The first-order valence-electron chi connectivity index (χ1n) is 4.96. The molecule has 0 saturated heterocycles. The lowest BCUT2D eigenvalue weighted by Crippen LogP contribution is -2.16. The molecule has 0 aromatic heterocycles. The topological polar surface area (TPSA) is 49.3 Å². The molecule has 0 aliphatic heterocycles. The minimum atomic E-state index is -0.797. The van der Waals surface area contributed by atoms with Crippen LogP contribution < -0.4 is 5.32 Å². The van der Waals surface area contributed by atoms with Gasteiger partial charge in [-0.05, 0) is 36.7 Å². The second kappa shape index (κ2) is 6.60. The number of rotatable bonds is 6. The quantitative estimate of drug-likeness (QED) is 0.792. The maximum atomic E-state index is 12.9. The van der Waals surface area contributed by atoms with E-state index in [1.807, 2.05) is 0 Å². The van der Waals surface area contributed by atoms with Crippen LogP contribution in [0, 0.1) is 5.82 Å². The highest BCUT2D eigenvalue weighted by Gasteiger charge is 2.01. The lowest BCUT2D eigenvalue weighted by molar-refractivity contribution is -0.137. The Morgan fingerprint density at radius 2 is 2.25 bits per heavy atom. The molecule has 16 heavy (non-hydrogen) atoms. The fourth-order valence-electron chi connectivity index (χ4n) is 1.27. The van der Waals surface area contributed by atoms with E-state index >= 15 is 0 Å². The second-order valence-corrected chi connectivity index (χ2v) is 4.26. The van der Waals surface area contributed by atoms with Crippen LogP contribution in [0.2, 0.25) is 0 Å². The molecule has 0 amide bonds. The molecule has 0 atom stereocenters. The third kappa shape index (κ3) is 4.72. The molecule has 0 spiro atoms. The highest BCUT2D eigenvalue weighted by atomic mass is 79.9. The lowest BCUT2D eigenvalue weighted by Gasteiger charge is -2.06. The van der Waals surface area contributed by atoms with E-state index in [-0.39, 0.29) is 12.2 Å². The Labute approximate surface area is 102 Å². The van der Waals surface area contributed by atoms with Crippen LogP contribution in [0.15, 0.2) is 22.7 Å². The van der Waals surface area contributed by atoms with Gasteiger partial charge < -0.3 is 10.4 Å². The molecule has 0 saturated carbocycles. The zero-order chi connectivity index (χ0) is 12.0. The summed E-state index contributed by atoms with van der Waals surface area (Å²) in [7, 11) is 0. The van der Waals surface area contributed by atoms with Crippen LogP contribution in [0.4, 0.5) is 4.39 Å². The van der Waals surface area contributed by atoms with Crippen LogP contribution in [0.3, 0.4) is 0 Å². The molecule has 3 nitrogen and oxygen atoms in total. The van der Waals surface area contributed by atoms with Crippen molar-refractivity contribution in [1.29, 1.82) is 0 Å². The molecule has 1 aromatic rings. The largest absolute Gasteiger partial charge is 0.481 e. The normalized spacial score (nSPS) is 10.4. The van der Waals surface area contributed by atoms with Gasteiger partial charge in [0.05, 0.1) is 0 Å². The molecular formula is C11H13BrFNO2. The van der Waals surface area contributed by atoms with E-state index in [0.717, 1.165) is 10.0 Å². The van der Waals surface area contributed by atoms with Crippen molar-refractivity contribution in [3.63, 3.8) is 0 Å². The average Bonchev–Trinajstić information content (AvgIpc) is 2.22. The van der Waals surface area contributed by atoms with Crippen LogP contribution >= 0.6 is 15.9 Å². The van der Waals surface area contributed by atoms with E-state index in [9.17, 15) is 9.18 Å². The fraction of sp³-hybridized carbons (Fsp3) is 0.364. The van der Waals surface area contributed by atoms with Crippen molar-refractivity contribution in [2.75, 3.05) is 6.54 Å². The molecule has 0 aliphatic carbocycles. The summed E-state index contributed by atoms with van der Waals surface area (Å²) in [6.45, 7) is 1.13. The summed E-state index contributed by atoms with van der Waals surface area (Å²) in [6.07, 6.45) is 0.722. The molecule has 0 unspecified atom stereocenters. The molecule has 0 heterocycles. The number of carboxylic acid groups (broad SMARTS) is 1. The van der Waals surface area contributed by atoms with Crippen LogP contribution in [-0.4, -0.2) is 17.6 Å². The standard InChI is InChI=1S/C11H13BrFNO2/c12-10-4-3-9(13)6-8(10)7-14-5-1-2-11(15)16/h3-4,6,14H,1-2,5,7H2,(H,15,16). The third-order valence-corrected chi connectivity index (χ3v) is 2.84. The highest BCUT2D eigenvalue weighted by Crippen LogP contribution is 2.17. The molecule has 0 aliphatic rings. The summed E-state index contributed by atoms with van der Waals surface area (Å²) in [5.41, 5.74) is 0.829. The summed E-state index contributed by atoms with van der Waals surface area (Å²) >= 11 is 3.32. The van der Waals surface area contributed by atoms with Gasteiger partial charge in [-0.2, -0.15) is 0 Å². The zero-order valence-electron chi connectivity index (χ0n) is 8.67. The zero-order valence-corrected chi connectivity index (χ0v) is 10.3. The van der Waals surface area contributed by atoms with Gasteiger partial charge in [-0.3, -0.25) is 4.79 Å². The van der Waals surface area contributed by atoms with Crippen molar-refractivity contribution in [3.8, 4) is 0 Å². The van der Waals surface area contributed by atoms with Crippen molar-refractivity contribution in [3.05, 3.63) is 34.1 Å². The van der Waals surface area contributed by atoms with E-state index in [1.165, 1.54) is 12.1 Å². The van der Waals surface area contributed by atoms with Crippen LogP contribution in [0.25, 0.3) is 0 Å². The van der Waals surface area contributed by atoms with Crippen molar-refractivity contribution in [2.45, 2.75) is 19.4 Å². The maximum absolute atomic E-state index is 12.9. The van der Waals surface area contributed by atoms with Gasteiger partial charge in [-0.15, -0.1) is 0 Å². The number of halogens is 2. The molecule has 5 heteroatoms. The molecule has 88 valence electrons. The van der Waals surface area contributed by atoms with Crippen molar-refractivity contribution >= 4 is 21.9 Å². The van der Waals surface area contributed by atoms with Gasteiger partial charge in [0.1, 0.15) is 5.82 Å². The number of carboxylic acids is 1. The Morgan fingerprint density at radius 1 is 1.50 bits per heavy atom. The van der Waals surface area contributed by atoms with E-state index < -0.39 is 5.97 Å². The number of hydrogen-bond donors (Lipinski definition) is 2. The lowest BCUT2D eigenvalue weighted by atomic mass is 10.2. The molecule has 1 aromatic carbocycles. The Balaban J connectivity index is 2.31. The summed E-state index contributed by atoms with van der Waals surface area (Å²) in [6, 6.07) is 4.50. The molecule has 0 bridgehead atoms. The summed E-state index contributed by atoms with van der Waals surface area (Å²) in [5, 5.41) is 11.5. The monoisotopic (exact) mass is 289 g/mol. The number of carbonyl (C=O) groups is 1. The number of nitrogens with one attached hydrogen (secondary N) is 1. The van der Waals surface area contributed by atoms with Gasteiger partial charge in [0.2, 0.25) is 0 Å². The third-order valence-electron chi connectivity index (χ3n) is 2.07. The van der Waals surface area contributed by atoms with Crippen LogP contribution in [0.1, 0.15) is 18.4 Å². The van der Waals surface area contributed by atoms with Gasteiger partial charge in [-0.1, -0.05) is 15.9 Å². The molecular weight excluding hydrogens is 277 g/mol. The predicted molar refractivity (Wildman–Crippen MR) is 62.7 cm³/mol. The first-order chi connectivity index (χ1) is 7.59.